The van der Waals surface area contributed by atoms with Crippen molar-refractivity contribution in [2.24, 2.45) is 0 Å². The van der Waals surface area contributed by atoms with Gasteiger partial charge < -0.3 is 15.6 Å². The second kappa shape index (κ2) is 5.61. The van der Waals surface area contributed by atoms with Crippen LogP contribution in [0.2, 0.25) is 0 Å². The van der Waals surface area contributed by atoms with Crippen molar-refractivity contribution in [1.82, 2.24) is 15.3 Å². The fourth-order valence-corrected chi connectivity index (χ4v) is 4.39. The van der Waals surface area contributed by atoms with Crippen molar-refractivity contribution in [3.63, 3.8) is 0 Å². The molecule has 1 aliphatic rings. The normalized spacial score (nSPS) is 18.0. The molecule has 0 spiro atoms. The topological polar surface area (TPSA) is 104 Å². The van der Waals surface area contributed by atoms with Gasteiger partial charge >= 0.3 is 0 Å². The van der Waals surface area contributed by atoms with Crippen LogP contribution in [0.25, 0.3) is 11.0 Å². The van der Waals surface area contributed by atoms with E-state index in [2.05, 4.69) is 20.6 Å². The Morgan fingerprint density at radius 2 is 2.00 bits per heavy atom. The van der Waals surface area contributed by atoms with Gasteiger partial charge in [0.05, 0.1) is 11.0 Å². The zero-order valence-electron chi connectivity index (χ0n) is 13.1. The number of aromatic nitrogens is 2. The zero-order chi connectivity index (χ0) is 16.7. The van der Waals surface area contributed by atoms with Crippen molar-refractivity contribution in [3.8, 4) is 0 Å². The molecule has 1 amide bonds. The molecule has 0 saturated carbocycles. The van der Waals surface area contributed by atoms with Crippen LogP contribution in [0, 0.1) is 6.92 Å². The molecule has 0 radical (unpaired) electrons. The van der Waals surface area contributed by atoms with Gasteiger partial charge in [0, 0.05) is 11.9 Å². The largest absolute Gasteiger partial charge is 0.342 e. The molecular formula is C15H20N4O3S. The van der Waals surface area contributed by atoms with Gasteiger partial charge in [-0.1, -0.05) is 0 Å². The van der Waals surface area contributed by atoms with Crippen LogP contribution in [-0.4, -0.2) is 48.4 Å². The second-order valence-electron chi connectivity index (χ2n) is 6.02. The van der Waals surface area contributed by atoms with E-state index in [9.17, 15) is 13.2 Å². The smallest absolute Gasteiger partial charge is 0.245 e. The Morgan fingerprint density at radius 3 is 2.65 bits per heavy atom. The molecule has 1 saturated heterocycles. The molecular weight excluding hydrogens is 316 g/mol. The SMILES string of the molecule is Cc1nc2ccc(NC(=O)C3(S(C)(=O)=O)CCNCC3)cc2[nH]1. The number of carbonyl (C=O) groups excluding carboxylic acids is 1. The number of piperidine rings is 1. The summed E-state index contributed by atoms with van der Waals surface area (Å²) >= 11 is 0. The van der Waals surface area contributed by atoms with Gasteiger partial charge in [-0.2, -0.15) is 0 Å². The summed E-state index contributed by atoms with van der Waals surface area (Å²) in [5.41, 5.74) is 2.17. The highest BCUT2D eigenvalue weighted by Crippen LogP contribution is 2.30. The van der Waals surface area contributed by atoms with Crippen molar-refractivity contribution in [3.05, 3.63) is 24.0 Å². The van der Waals surface area contributed by atoms with Gasteiger partial charge in [0.25, 0.3) is 0 Å². The minimum atomic E-state index is -3.52. The van der Waals surface area contributed by atoms with E-state index in [-0.39, 0.29) is 12.8 Å². The first-order valence-electron chi connectivity index (χ1n) is 7.50. The van der Waals surface area contributed by atoms with Gasteiger partial charge in [-0.3, -0.25) is 4.79 Å². The third-order valence-corrected chi connectivity index (χ3v) is 6.41. The number of nitrogens with zero attached hydrogens (tertiary/aromatic N) is 1. The number of sulfone groups is 1. The average molecular weight is 336 g/mol. The Morgan fingerprint density at radius 1 is 1.30 bits per heavy atom. The van der Waals surface area contributed by atoms with Crippen LogP contribution < -0.4 is 10.6 Å². The molecule has 3 rings (SSSR count). The summed E-state index contributed by atoms with van der Waals surface area (Å²) in [6, 6.07) is 5.30. The van der Waals surface area contributed by atoms with Gasteiger partial charge in [-0.05, 0) is 51.1 Å². The van der Waals surface area contributed by atoms with Crippen LogP contribution in [0.15, 0.2) is 18.2 Å². The zero-order valence-corrected chi connectivity index (χ0v) is 14.0. The van der Waals surface area contributed by atoms with Crippen LogP contribution in [0.1, 0.15) is 18.7 Å². The molecule has 0 atom stereocenters. The van der Waals surface area contributed by atoms with E-state index in [4.69, 9.17) is 0 Å². The molecule has 0 bridgehead atoms. The fraction of sp³-hybridized carbons (Fsp3) is 0.467. The molecule has 1 aliphatic heterocycles. The van der Waals surface area contributed by atoms with Crippen molar-refractivity contribution in [2.45, 2.75) is 24.5 Å². The van der Waals surface area contributed by atoms with E-state index in [1.165, 1.54) is 0 Å². The maximum atomic E-state index is 12.7. The summed E-state index contributed by atoms with van der Waals surface area (Å²) in [6.45, 7) is 2.88. The van der Waals surface area contributed by atoms with E-state index in [1.54, 1.807) is 18.2 Å². The van der Waals surface area contributed by atoms with E-state index in [0.29, 0.717) is 18.8 Å². The van der Waals surface area contributed by atoms with Gasteiger partial charge in [0.15, 0.2) is 14.6 Å². The van der Waals surface area contributed by atoms with Crippen molar-refractivity contribution in [2.75, 3.05) is 24.7 Å². The van der Waals surface area contributed by atoms with Crippen molar-refractivity contribution in [1.29, 1.82) is 0 Å². The lowest BCUT2D eigenvalue weighted by atomic mass is 9.95. The Bertz CT molecular complexity index is 851. The van der Waals surface area contributed by atoms with Crippen LogP contribution in [0.5, 0.6) is 0 Å². The van der Waals surface area contributed by atoms with Gasteiger partial charge in [0.1, 0.15) is 5.82 Å². The maximum Gasteiger partial charge on any atom is 0.245 e. The number of benzene rings is 1. The molecule has 2 heterocycles. The maximum absolute atomic E-state index is 12.7. The molecule has 1 aromatic heterocycles. The molecule has 1 aromatic carbocycles. The summed E-state index contributed by atoms with van der Waals surface area (Å²) in [4.78, 5) is 20.1. The molecule has 124 valence electrons. The van der Waals surface area contributed by atoms with Gasteiger partial charge in [0.2, 0.25) is 5.91 Å². The van der Waals surface area contributed by atoms with Crippen molar-refractivity contribution >= 4 is 32.5 Å². The summed E-state index contributed by atoms with van der Waals surface area (Å²) in [6.07, 6.45) is 1.70. The lowest BCUT2D eigenvalue weighted by Gasteiger charge is -2.34. The number of amides is 1. The third kappa shape index (κ3) is 2.84. The first kappa shape index (κ1) is 15.9. The van der Waals surface area contributed by atoms with Gasteiger partial charge in [-0.25, -0.2) is 13.4 Å². The van der Waals surface area contributed by atoms with Crippen LogP contribution in [-0.2, 0) is 14.6 Å². The first-order chi connectivity index (χ1) is 10.8. The van der Waals surface area contributed by atoms with E-state index < -0.39 is 20.5 Å². The molecule has 0 aliphatic carbocycles. The highest BCUT2D eigenvalue weighted by molar-refractivity contribution is 7.92. The van der Waals surface area contributed by atoms with Crippen molar-refractivity contribution < 1.29 is 13.2 Å². The van der Waals surface area contributed by atoms with E-state index in [1.807, 2.05) is 6.92 Å². The molecule has 8 heteroatoms. The number of rotatable bonds is 3. The highest BCUT2D eigenvalue weighted by atomic mass is 32.2. The van der Waals surface area contributed by atoms with E-state index >= 15 is 0 Å². The second-order valence-corrected chi connectivity index (χ2v) is 8.35. The number of H-pyrrole nitrogens is 1. The highest BCUT2D eigenvalue weighted by Gasteiger charge is 2.48. The summed E-state index contributed by atoms with van der Waals surface area (Å²) in [5, 5.41) is 5.87. The molecule has 3 N–H and O–H groups in total. The number of aryl methyl sites for hydroxylation is 1. The molecule has 2 aromatic rings. The quantitative estimate of drug-likeness (QED) is 0.775. The lowest BCUT2D eigenvalue weighted by Crippen LogP contribution is -2.55. The minimum absolute atomic E-state index is 0.281. The number of fused-ring (bicyclic) bond motifs is 1. The predicted molar refractivity (Wildman–Crippen MR) is 89.1 cm³/mol. The Balaban J connectivity index is 1.91. The Hall–Kier alpha value is -1.93. The number of carbonyl (C=O) groups is 1. The Labute approximate surface area is 134 Å². The summed E-state index contributed by atoms with van der Waals surface area (Å²) in [7, 11) is -3.52. The predicted octanol–water partition coefficient (Wildman–Crippen LogP) is 0.977. The summed E-state index contributed by atoms with van der Waals surface area (Å²) < 4.78 is 23.1. The third-order valence-electron chi connectivity index (χ3n) is 4.39. The lowest BCUT2D eigenvalue weighted by molar-refractivity contribution is -0.119. The molecule has 7 nitrogen and oxygen atoms in total. The minimum Gasteiger partial charge on any atom is -0.342 e. The number of hydrogen-bond acceptors (Lipinski definition) is 5. The number of nitrogens with one attached hydrogen (secondary N) is 3. The summed E-state index contributed by atoms with van der Waals surface area (Å²) in [5.74, 6) is 0.325. The fourth-order valence-electron chi connectivity index (χ4n) is 3.06. The molecule has 1 fully saturated rings. The Kier molecular flexibility index (Phi) is 3.89. The average Bonchev–Trinajstić information content (AvgIpc) is 2.86. The molecule has 23 heavy (non-hydrogen) atoms. The van der Waals surface area contributed by atoms with E-state index in [0.717, 1.165) is 23.1 Å². The van der Waals surface area contributed by atoms with Gasteiger partial charge in [-0.15, -0.1) is 0 Å². The monoisotopic (exact) mass is 336 g/mol. The first-order valence-corrected chi connectivity index (χ1v) is 9.39. The number of hydrogen-bond donors (Lipinski definition) is 3. The number of imidazole rings is 1. The number of aromatic amines is 1. The van der Waals surface area contributed by atoms with Crippen LogP contribution in [0.3, 0.4) is 0 Å². The standard InChI is InChI=1S/C15H20N4O3S/c1-10-17-12-4-3-11(9-13(12)18-10)19-14(20)15(23(2,21)22)5-7-16-8-6-15/h3-4,9,16H,5-8H2,1-2H3,(H,17,18)(H,19,20). The number of anilines is 1. The van der Waals surface area contributed by atoms with Crippen LogP contribution in [0.4, 0.5) is 5.69 Å². The molecule has 0 unspecified atom stereocenters. The van der Waals surface area contributed by atoms with Crippen LogP contribution >= 0.6 is 0 Å².